The lowest BCUT2D eigenvalue weighted by molar-refractivity contribution is 1.14. The Labute approximate surface area is 122 Å². The summed E-state index contributed by atoms with van der Waals surface area (Å²) in [7, 11) is 4.12. The SMILES string of the molecule is CN(C)c1ccc2c(c1)c1ccccc1c1nccnc21. The zero-order valence-corrected chi connectivity index (χ0v) is 12.0. The molecular formula is C18H15N3. The summed E-state index contributed by atoms with van der Waals surface area (Å²) in [6.07, 6.45) is 3.52. The first-order valence-corrected chi connectivity index (χ1v) is 6.98. The summed E-state index contributed by atoms with van der Waals surface area (Å²) in [6.45, 7) is 0. The summed E-state index contributed by atoms with van der Waals surface area (Å²) in [5.74, 6) is 0. The topological polar surface area (TPSA) is 29.0 Å². The smallest absolute Gasteiger partial charge is 0.0971 e. The van der Waals surface area contributed by atoms with Crippen LogP contribution in [0.4, 0.5) is 5.69 Å². The van der Waals surface area contributed by atoms with Crippen molar-refractivity contribution in [1.82, 2.24) is 9.97 Å². The van der Waals surface area contributed by atoms with Crippen LogP contribution in [0, 0.1) is 0 Å². The Balaban J connectivity index is 2.30. The lowest BCUT2D eigenvalue weighted by Crippen LogP contribution is -2.08. The third-order valence-corrected chi connectivity index (χ3v) is 3.95. The summed E-state index contributed by atoms with van der Waals surface area (Å²) in [5, 5.41) is 4.76. The molecule has 3 aromatic carbocycles. The molecule has 0 unspecified atom stereocenters. The van der Waals surface area contributed by atoms with Crippen LogP contribution in [0.5, 0.6) is 0 Å². The van der Waals surface area contributed by atoms with Crippen LogP contribution in [0.3, 0.4) is 0 Å². The maximum absolute atomic E-state index is 4.56. The molecule has 0 aliphatic heterocycles. The van der Waals surface area contributed by atoms with Gasteiger partial charge in [0.25, 0.3) is 0 Å². The summed E-state index contributed by atoms with van der Waals surface area (Å²) in [6, 6.07) is 14.9. The molecule has 3 nitrogen and oxygen atoms in total. The van der Waals surface area contributed by atoms with E-state index < -0.39 is 0 Å². The molecule has 0 N–H and O–H groups in total. The fourth-order valence-corrected chi connectivity index (χ4v) is 2.90. The second kappa shape index (κ2) is 4.42. The van der Waals surface area contributed by atoms with Crippen LogP contribution in [0.15, 0.2) is 54.9 Å². The lowest BCUT2D eigenvalue weighted by Gasteiger charge is -2.15. The van der Waals surface area contributed by atoms with Crippen LogP contribution in [-0.2, 0) is 0 Å². The van der Waals surface area contributed by atoms with Gasteiger partial charge in [0.05, 0.1) is 11.0 Å². The number of hydrogen-bond donors (Lipinski definition) is 0. The van der Waals surface area contributed by atoms with E-state index in [0.29, 0.717) is 0 Å². The van der Waals surface area contributed by atoms with Gasteiger partial charge >= 0.3 is 0 Å². The van der Waals surface area contributed by atoms with Gasteiger partial charge < -0.3 is 4.90 Å². The predicted molar refractivity (Wildman–Crippen MR) is 88.9 cm³/mol. The first-order chi connectivity index (χ1) is 10.3. The van der Waals surface area contributed by atoms with Crippen molar-refractivity contribution in [3.63, 3.8) is 0 Å². The maximum Gasteiger partial charge on any atom is 0.0971 e. The van der Waals surface area contributed by atoms with Gasteiger partial charge in [-0.3, -0.25) is 9.97 Å². The van der Waals surface area contributed by atoms with Crippen LogP contribution in [0.1, 0.15) is 0 Å². The van der Waals surface area contributed by atoms with Gasteiger partial charge in [-0.05, 0) is 22.9 Å². The number of anilines is 1. The molecule has 4 aromatic rings. The molecule has 1 aromatic heterocycles. The van der Waals surface area contributed by atoms with E-state index in [1.54, 1.807) is 12.4 Å². The van der Waals surface area contributed by atoms with Crippen LogP contribution < -0.4 is 4.90 Å². The number of aromatic nitrogens is 2. The van der Waals surface area contributed by atoms with Crippen LogP contribution in [0.2, 0.25) is 0 Å². The maximum atomic E-state index is 4.56. The molecule has 0 fully saturated rings. The average Bonchev–Trinajstić information content (AvgIpc) is 2.54. The molecule has 1 heterocycles. The lowest BCUT2D eigenvalue weighted by atomic mass is 9.99. The quantitative estimate of drug-likeness (QED) is 0.491. The fourth-order valence-electron chi connectivity index (χ4n) is 2.90. The van der Waals surface area contributed by atoms with Crippen molar-refractivity contribution < 1.29 is 0 Å². The minimum atomic E-state index is 0.969. The van der Waals surface area contributed by atoms with Crippen LogP contribution in [-0.4, -0.2) is 24.1 Å². The molecule has 0 saturated carbocycles. The Morgan fingerprint density at radius 2 is 1.33 bits per heavy atom. The number of rotatable bonds is 1. The summed E-state index contributed by atoms with van der Waals surface area (Å²) in [4.78, 5) is 11.2. The van der Waals surface area contributed by atoms with Gasteiger partial charge in [0, 0.05) is 42.9 Å². The molecule has 3 heteroatoms. The zero-order valence-electron chi connectivity index (χ0n) is 12.0. The van der Waals surface area contributed by atoms with E-state index in [9.17, 15) is 0 Å². The highest BCUT2D eigenvalue weighted by Crippen LogP contribution is 2.34. The van der Waals surface area contributed by atoms with Crippen molar-refractivity contribution in [2.45, 2.75) is 0 Å². The van der Waals surface area contributed by atoms with Crippen LogP contribution >= 0.6 is 0 Å². The highest BCUT2D eigenvalue weighted by atomic mass is 15.1. The highest BCUT2D eigenvalue weighted by molar-refractivity contribution is 6.23. The normalized spacial score (nSPS) is 11.3. The van der Waals surface area contributed by atoms with Gasteiger partial charge in [-0.2, -0.15) is 0 Å². The van der Waals surface area contributed by atoms with Crippen molar-refractivity contribution in [1.29, 1.82) is 0 Å². The van der Waals surface area contributed by atoms with E-state index in [2.05, 4.69) is 71.4 Å². The molecule has 102 valence electrons. The molecule has 0 saturated heterocycles. The van der Waals surface area contributed by atoms with E-state index in [1.165, 1.54) is 16.5 Å². The Morgan fingerprint density at radius 1 is 0.714 bits per heavy atom. The number of fused-ring (bicyclic) bond motifs is 6. The molecule has 0 radical (unpaired) electrons. The Morgan fingerprint density at radius 3 is 2.00 bits per heavy atom. The molecule has 0 bridgehead atoms. The van der Waals surface area contributed by atoms with E-state index in [-0.39, 0.29) is 0 Å². The molecule has 4 rings (SSSR count). The van der Waals surface area contributed by atoms with Gasteiger partial charge in [0.1, 0.15) is 0 Å². The highest BCUT2D eigenvalue weighted by Gasteiger charge is 2.10. The van der Waals surface area contributed by atoms with Crippen LogP contribution in [0.25, 0.3) is 32.6 Å². The Hall–Kier alpha value is -2.68. The minimum absolute atomic E-state index is 0.969. The van der Waals surface area contributed by atoms with Gasteiger partial charge in [0.2, 0.25) is 0 Å². The van der Waals surface area contributed by atoms with Gasteiger partial charge in [-0.25, -0.2) is 0 Å². The van der Waals surface area contributed by atoms with E-state index >= 15 is 0 Å². The third kappa shape index (κ3) is 1.74. The fraction of sp³-hybridized carbons (Fsp3) is 0.111. The third-order valence-electron chi connectivity index (χ3n) is 3.95. The Bertz CT molecular complexity index is 938. The molecule has 0 aliphatic rings. The van der Waals surface area contributed by atoms with E-state index in [0.717, 1.165) is 21.8 Å². The van der Waals surface area contributed by atoms with Crippen molar-refractivity contribution >= 4 is 38.3 Å². The zero-order chi connectivity index (χ0) is 14.4. The Kier molecular flexibility index (Phi) is 2.54. The average molecular weight is 273 g/mol. The van der Waals surface area contributed by atoms with Gasteiger partial charge in [-0.1, -0.05) is 30.3 Å². The minimum Gasteiger partial charge on any atom is -0.378 e. The molecule has 21 heavy (non-hydrogen) atoms. The van der Waals surface area contributed by atoms with E-state index in [1.807, 2.05) is 0 Å². The summed E-state index contributed by atoms with van der Waals surface area (Å²) >= 11 is 0. The van der Waals surface area contributed by atoms with Crippen molar-refractivity contribution in [3.05, 3.63) is 54.9 Å². The monoisotopic (exact) mass is 273 g/mol. The summed E-state index contributed by atoms with van der Waals surface area (Å²) < 4.78 is 0. The summed E-state index contributed by atoms with van der Waals surface area (Å²) in [5.41, 5.74) is 3.13. The number of benzene rings is 3. The first-order valence-electron chi connectivity index (χ1n) is 6.98. The second-order valence-electron chi connectivity index (χ2n) is 5.42. The largest absolute Gasteiger partial charge is 0.378 e. The number of hydrogen-bond acceptors (Lipinski definition) is 3. The second-order valence-corrected chi connectivity index (χ2v) is 5.42. The predicted octanol–water partition coefficient (Wildman–Crippen LogP) is 4.00. The van der Waals surface area contributed by atoms with Crippen molar-refractivity contribution in [2.24, 2.45) is 0 Å². The molecule has 0 atom stereocenters. The van der Waals surface area contributed by atoms with E-state index in [4.69, 9.17) is 0 Å². The first kappa shape index (κ1) is 12.1. The molecule has 0 spiro atoms. The van der Waals surface area contributed by atoms with Gasteiger partial charge in [0.15, 0.2) is 0 Å². The molecule has 0 amide bonds. The van der Waals surface area contributed by atoms with Gasteiger partial charge in [-0.15, -0.1) is 0 Å². The molecule has 0 aliphatic carbocycles. The number of nitrogens with zero attached hydrogens (tertiary/aromatic N) is 3. The van der Waals surface area contributed by atoms with Crippen molar-refractivity contribution in [3.8, 4) is 0 Å². The van der Waals surface area contributed by atoms with Crippen molar-refractivity contribution in [2.75, 3.05) is 19.0 Å². The molecular weight excluding hydrogens is 258 g/mol. The standard InChI is InChI=1S/C18H15N3/c1-21(2)12-7-8-15-16(11-12)13-5-3-4-6-14(13)17-18(15)20-10-9-19-17/h3-11H,1-2H3.